The van der Waals surface area contributed by atoms with E-state index in [4.69, 9.17) is 9.47 Å². The van der Waals surface area contributed by atoms with E-state index in [1.807, 2.05) is 20.8 Å². The van der Waals surface area contributed by atoms with Crippen molar-refractivity contribution in [1.82, 2.24) is 15.5 Å². The van der Waals surface area contributed by atoms with Gasteiger partial charge in [0, 0.05) is 24.8 Å². The van der Waals surface area contributed by atoms with Crippen LogP contribution in [0.3, 0.4) is 0 Å². The summed E-state index contributed by atoms with van der Waals surface area (Å²) in [5.41, 5.74) is 0.367. The van der Waals surface area contributed by atoms with Crippen LogP contribution in [0.15, 0.2) is 6.20 Å². The molecule has 1 saturated heterocycles. The van der Waals surface area contributed by atoms with E-state index >= 15 is 0 Å². The number of nitrogens with one attached hydrogen (secondary N) is 3. The maximum Gasteiger partial charge on any atom is 0.413 e. The monoisotopic (exact) mass is 282 g/mol. The number of hydrogen-bond donors (Lipinski definition) is 3. The van der Waals surface area contributed by atoms with E-state index < -0.39 is 11.7 Å². The molecule has 0 aromatic carbocycles. The van der Waals surface area contributed by atoms with Crippen molar-refractivity contribution < 1.29 is 14.3 Å². The predicted octanol–water partition coefficient (Wildman–Crippen LogP) is 1.64. The number of nitrogens with zero attached hydrogens (tertiary/aromatic N) is 1. The Kier molecular flexibility index (Phi) is 4.61. The Morgan fingerprint density at radius 1 is 1.60 bits per heavy atom. The highest BCUT2D eigenvalue weighted by Crippen LogP contribution is 2.14. The molecule has 1 aliphatic heterocycles. The Balaban J connectivity index is 1.86. The molecule has 2 rings (SSSR count). The smallest absolute Gasteiger partial charge is 0.413 e. The van der Waals surface area contributed by atoms with Crippen LogP contribution in [-0.4, -0.2) is 41.1 Å². The van der Waals surface area contributed by atoms with Crippen LogP contribution in [0.1, 0.15) is 32.8 Å². The molecule has 2 heterocycles. The molecule has 3 N–H and O–H groups in total. The van der Waals surface area contributed by atoms with E-state index in [0.29, 0.717) is 18.4 Å². The van der Waals surface area contributed by atoms with Gasteiger partial charge in [0.15, 0.2) is 0 Å². The van der Waals surface area contributed by atoms with Gasteiger partial charge in [-0.05, 0) is 27.2 Å². The number of H-pyrrole nitrogens is 1. The minimum atomic E-state index is -0.524. The van der Waals surface area contributed by atoms with Crippen molar-refractivity contribution in [3.05, 3.63) is 11.8 Å². The first kappa shape index (κ1) is 14.8. The number of hydrogen-bond acceptors (Lipinski definition) is 5. The highest BCUT2D eigenvalue weighted by molar-refractivity contribution is 5.84. The summed E-state index contributed by atoms with van der Waals surface area (Å²) in [5.74, 6) is 0.561. The first-order chi connectivity index (χ1) is 9.44. The molecule has 1 amide bonds. The summed E-state index contributed by atoms with van der Waals surface area (Å²) in [6.07, 6.45) is 2.20. The molecule has 0 radical (unpaired) electrons. The Hall–Kier alpha value is -1.60. The largest absolute Gasteiger partial charge is 0.444 e. The molecule has 0 saturated carbocycles. The number of carbonyl (C=O) groups is 1. The molecule has 112 valence electrons. The number of ether oxygens (including phenoxy) is 2. The summed E-state index contributed by atoms with van der Waals surface area (Å²) < 4.78 is 10.5. The van der Waals surface area contributed by atoms with Gasteiger partial charge in [-0.2, -0.15) is 5.10 Å². The SMILES string of the molecule is CC(C)(C)OC(=O)Nc1[nH]ncc1CNC1CCOC1. The van der Waals surface area contributed by atoms with Crippen molar-refractivity contribution in [2.24, 2.45) is 0 Å². The molecule has 0 bridgehead atoms. The maximum absolute atomic E-state index is 11.7. The highest BCUT2D eigenvalue weighted by atomic mass is 16.6. The van der Waals surface area contributed by atoms with Crippen molar-refractivity contribution in [1.29, 1.82) is 0 Å². The molecule has 1 aliphatic rings. The zero-order chi connectivity index (χ0) is 14.6. The van der Waals surface area contributed by atoms with Crippen molar-refractivity contribution in [3.63, 3.8) is 0 Å². The summed E-state index contributed by atoms with van der Waals surface area (Å²) in [5, 5.41) is 12.8. The van der Waals surface area contributed by atoms with Crippen LogP contribution in [0, 0.1) is 0 Å². The number of aromatic amines is 1. The van der Waals surface area contributed by atoms with Crippen molar-refractivity contribution in [2.75, 3.05) is 18.5 Å². The predicted molar refractivity (Wildman–Crippen MR) is 74.5 cm³/mol. The van der Waals surface area contributed by atoms with Crippen LogP contribution in [0.4, 0.5) is 10.6 Å². The molecule has 1 atom stereocenters. The van der Waals surface area contributed by atoms with Crippen LogP contribution in [0.2, 0.25) is 0 Å². The Labute approximate surface area is 118 Å². The molecule has 1 aromatic heterocycles. The molecule has 1 aromatic rings. The number of aromatic nitrogens is 2. The minimum Gasteiger partial charge on any atom is -0.444 e. The third-order valence-electron chi connectivity index (χ3n) is 2.85. The topological polar surface area (TPSA) is 88.3 Å². The zero-order valence-corrected chi connectivity index (χ0v) is 12.2. The third-order valence-corrected chi connectivity index (χ3v) is 2.85. The molecule has 1 fully saturated rings. The van der Waals surface area contributed by atoms with Gasteiger partial charge >= 0.3 is 6.09 Å². The highest BCUT2D eigenvalue weighted by Gasteiger charge is 2.19. The van der Waals surface area contributed by atoms with E-state index in [1.54, 1.807) is 6.20 Å². The van der Waals surface area contributed by atoms with Crippen LogP contribution in [0.25, 0.3) is 0 Å². The standard InChI is InChI=1S/C13H22N4O3/c1-13(2,3)20-12(18)16-11-9(7-15-17-11)6-14-10-4-5-19-8-10/h7,10,14H,4-6,8H2,1-3H3,(H2,15,16,17,18). The first-order valence-corrected chi connectivity index (χ1v) is 6.77. The summed E-state index contributed by atoms with van der Waals surface area (Å²) in [6, 6.07) is 0.360. The second-order valence-electron chi connectivity index (χ2n) is 5.84. The third kappa shape index (κ3) is 4.50. The van der Waals surface area contributed by atoms with Gasteiger partial charge in [0.25, 0.3) is 0 Å². The van der Waals surface area contributed by atoms with Gasteiger partial charge in [-0.25, -0.2) is 4.79 Å². The molecular weight excluding hydrogens is 260 g/mol. The van der Waals surface area contributed by atoms with E-state index in [0.717, 1.165) is 25.2 Å². The minimum absolute atomic E-state index is 0.360. The quantitative estimate of drug-likeness (QED) is 0.781. The Morgan fingerprint density at radius 2 is 2.40 bits per heavy atom. The molecule has 20 heavy (non-hydrogen) atoms. The van der Waals surface area contributed by atoms with Gasteiger partial charge in [-0.15, -0.1) is 0 Å². The Morgan fingerprint density at radius 3 is 3.05 bits per heavy atom. The summed E-state index contributed by atoms with van der Waals surface area (Å²) in [6.45, 7) is 7.61. The van der Waals surface area contributed by atoms with Crippen molar-refractivity contribution >= 4 is 11.9 Å². The lowest BCUT2D eigenvalue weighted by molar-refractivity contribution is 0.0635. The van der Waals surface area contributed by atoms with E-state index in [1.165, 1.54) is 0 Å². The number of amides is 1. The average Bonchev–Trinajstić information content (AvgIpc) is 2.94. The normalized spacial score (nSPS) is 19.1. The number of rotatable bonds is 4. The summed E-state index contributed by atoms with van der Waals surface area (Å²) in [4.78, 5) is 11.7. The zero-order valence-electron chi connectivity index (χ0n) is 12.2. The van der Waals surface area contributed by atoms with Gasteiger partial charge in [-0.1, -0.05) is 0 Å². The van der Waals surface area contributed by atoms with Crippen LogP contribution in [0.5, 0.6) is 0 Å². The number of anilines is 1. The lowest BCUT2D eigenvalue weighted by atomic mass is 10.2. The fourth-order valence-electron chi connectivity index (χ4n) is 1.91. The first-order valence-electron chi connectivity index (χ1n) is 6.77. The van der Waals surface area contributed by atoms with E-state index in [9.17, 15) is 4.79 Å². The lowest BCUT2D eigenvalue weighted by Crippen LogP contribution is -2.30. The number of carbonyl (C=O) groups excluding carboxylic acids is 1. The van der Waals surface area contributed by atoms with Crippen LogP contribution in [-0.2, 0) is 16.0 Å². The second-order valence-corrected chi connectivity index (χ2v) is 5.84. The average molecular weight is 282 g/mol. The second kappa shape index (κ2) is 6.23. The molecule has 0 aliphatic carbocycles. The van der Waals surface area contributed by atoms with Gasteiger partial charge in [-0.3, -0.25) is 10.4 Å². The fraction of sp³-hybridized carbons (Fsp3) is 0.692. The maximum atomic E-state index is 11.7. The molecule has 0 spiro atoms. The molecular formula is C13H22N4O3. The van der Waals surface area contributed by atoms with Gasteiger partial charge < -0.3 is 14.8 Å². The van der Waals surface area contributed by atoms with E-state index in [2.05, 4.69) is 20.8 Å². The van der Waals surface area contributed by atoms with Gasteiger partial charge in [0.05, 0.1) is 12.8 Å². The van der Waals surface area contributed by atoms with E-state index in [-0.39, 0.29) is 0 Å². The van der Waals surface area contributed by atoms with Gasteiger partial charge in [0.2, 0.25) is 0 Å². The van der Waals surface area contributed by atoms with Gasteiger partial charge in [0.1, 0.15) is 11.4 Å². The summed E-state index contributed by atoms with van der Waals surface area (Å²) in [7, 11) is 0. The fourth-order valence-corrected chi connectivity index (χ4v) is 1.91. The van der Waals surface area contributed by atoms with Crippen LogP contribution < -0.4 is 10.6 Å². The molecule has 1 unspecified atom stereocenters. The van der Waals surface area contributed by atoms with Crippen LogP contribution >= 0.6 is 0 Å². The lowest BCUT2D eigenvalue weighted by Gasteiger charge is -2.19. The van der Waals surface area contributed by atoms with Crippen molar-refractivity contribution in [3.8, 4) is 0 Å². The molecule has 7 nitrogen and oxygen atoms in total. The Bertz CT molecular complexity index is 447. The molecule has 7 heteroatoms. The summed E-state index contributed by atoms with van der Waals surface area (Å²) >= 11 is 0. The van der Waals surface area contributed by atoms with Crippen molar-refractivity contribution in [2.45, 2.75) is 45.4 Å².